The van der Waals surface area contributed by atoms with Crippen molar-refractivity contribution in [3.63, 3.8) is 0 Å². The third kappa shape index (κ3) is 6.17. The van der Waals surface area contributed by atoms with Gasteiger partial charge in [0.05, 0.1) is 11.4 Å². The molecule has 1 heterocycles. The maximum Gasteiger partial charge on any atom is 0.211 e. The number of aryl methyl sites for hydroxylation is 3. The fourth-order valence-corrected chi connectivity index (χ4v) is 2.99. The van der Waals surface area contributed by atoms with Crippen LogP contribution >= 0.6 is 0 Å². The summed E-state index contributed by atoms with van der Waals surface area (Å²) in [6, 6.07) is 2.02. The van der Waals surface area contributed by atoms with Crippen LogP contribution in [0, 0.1) is 13.8 Å². The van der Waals surface area contributed by atoms with E-state index in [0.717, 1.165) is 24.4 Å². The SMILES string of the molecule is CNCCCS(=O)(=O)NCCCn1nc(C)cc1C. The highest BCUT2D eigenvalue weighted by molar-refractivity contribution is 7.89. The first-order valence-corrected chi connectivity index (χ1v) is 8.23. The number of rotatable bonds is 9. The molecule has 0 atom stereocenters. The van der Waals surface area contributed by atoms with Crippen LogP contribution in [0.1, 0.15) is 24.2 Å². The highest BCUT2D eigenvalue weighted by atomic mass is 32.2. The Balaban J connectivity index is 2.25. The second-order valence-electron chi connectivity index (χ2n) is 4.67. The zero-order chi connectivity index (χ0) is 14.3. The minimum absolute atomic E-state index is 0.174. The third-order valence-corrected chi connectivity index (χ3v) is 4.28. The molecule has 0 saturated carbocycles. The van der Waals surface area contributed by atoms with E-state index >= 15 is 0 Å². The standard InChI is InChI=1S/C12H24N4O2S/c1-11-10-12(2)16(15-11)8-4-7-14-19(17,18)9-5-6-13-3/h10,13-14H,4-9H2,1-3H3. The van der Waals surface area contributed by atoms with Gasteiger partial charge in [-0.25, -0.2) is 13.1 Å². The average Bonchev–Trinajstić information content (AvgIpc) is 2.64. The Morgan fingerprint density at radius 1 is 1.26 bits per heavy atom. The van der Waals surface area contributed by atoms with E-state index in [1.807, 2.05) is 31.6 Å². The summed E-state index contributed by atoms with van der Waals surface area (Å²) in [4.78, 5) is 0. The quantitative estimate of drug-likeness (QED) is 0.646. The van der Waals surface area contributed by atoms with Crippen LogP contribution in [0.3, 0.4) is 0 Å². The molecule has 0 unspecified atom stereocenters. The molecule has 0 aliphatic rings. The van der Waals surface area contributed by atoms with Crippen molar-refractivity contribution in [1.29, 1.82) is 0 Å². The molecule has 0 saturated heterocycles. The number of hydrogen-bond acceptors (Lipinski definition) is 4. The van der Waals surface area contributed by atoms with Crippen molar-refractivity contribution in [3.8, 4) is 0 Å². The molecular formula is C12H24N4O2S. The van der Waals surface area contributed by atoms with Gasteiger partial charge in [-0.3, -0.25) is 4.68 Å². The number of sulfonamides is 1. The van der Waals surface area contributed by atoms with Gasteiger partial charge in [0, 0.05) is 18.8 Å². The molecule has 0 bridgehead atoms. The van der Waals surface area contributed by atoms with Crippen molar-refractivity contribution in [2.24, 2.45) is 0 Å². The van der Waals surface area contributed by atoms with Crippen LogP contribution in [0.5, 0.6) is 0 Å². The molecule has 0 spiro atoms. The fraction of sp³-hybridized carbons (Fsp3) is 0.750. The van der Waals surface area contributed by atoms with E-state index in [4.69, 9.17) is 0 Å². The van der Waals surface area contributed by atoms with Crippen molar-refractivity contribution in [3.05, 3.63) is 17.5 Å². The molecule has 110 valence electrons. The molecule has 1 aromatic rings. The Morgan fingerprint density at radius 2 is 2.00 bits per heavy atom. The number of aromatic nitrogens is 2. The first-order chi connectivity index (χ1) is 8.94. The van der Waals surface area contributed by atoms with Gasteiger partial charge in [-0.1, -0.05) is 0 Å². The second kappa shape index (κ2) is 7.62. The van der Waals surface area contributed by atoms with E-state index in [1.54, 1.807) is 0 Å². The van der Waals surface area contributed by atoms with Gasteiger partial charge >= 0.3 is 0 Å². The van der Waals surface area contributed by atoms with E-state index in [2.05, 4.69) is 15.1 Å². The molecule has 2 N–H and O–H groups in total. The van der Waals surface area contributed by atoms with E-state index in [0.29, 0.717) is 19.5 Å². The van der Waals surface area contributed by atoms with Gasteiger partial charge in [-0.15, -0.1) is 0 Å². The lowest BCUT2D eigenvalue weighted by atomic mass is 10.4. The molecule has 7 heteroatoms. The lowest BCUT2D eigenvalue weighted by molar-refractivity contribution is 0.543. The van der Waals surface area contributed by atoms with Crippen LogP contribution in [0.2, 0.25) is 0 Å². The van der Waals surface area contributed by atoms with Crippen LogP contribution in [-0.4, -0.2) is 44.1 Å². The first kappa shape index (κ1) is 16.1. The van der Waals surface area contributed by atoms with Crippen LogP contribution in [-0.2, 0) is 16.6 Å². The predicted molar refractivity (Wildman–Crippen MR) is 76.7 cm³/mol. The van der Waals surface area contributed by atoms with Gasteiger partial charge in [0.2, 0.25) is 10.0 Å². The summed E-state index contributed by atoms with van der Waals surface area (Å²) >= 11 is 0. The maximum absolute atomic E-state index is 11.6. The largest absolute Gasteiger partial charge is 0.320 e. The molecule has 0 aromatic carbocycles. The lowest BCUT2D eigenvalue weighted by Crippen LogP contribution is -2.29. The van der Waals surface area contributed by atoms with Crippen molar-refractivity contribution in [1.82, 2.24) is 19.8 Å². The topological polar surface area (TPSA) is 76.0 Å². The van der Waals surface area contributed by atoms with E-state index in [1.165, 1.54) is 0 Å². The van der Waals surface area contributed by atoms with Gasteiger partial charge in [-0.2, -0.15) is 5.10 Å². The highest BCUT2D eigenvalue weighted by Crippen LogP contribution is 2.02. The minimum atomic E-state index is -3.13. The first-order valence-electron chi connectivity index (χ1n) is 6.57. The molecular weight excluding hydrogens is 264 g/mol. The van der Waals surface area contributed by atoms with Crippen LogP contribution in [0.15, 0.2) is 6.07 Å². The summed E-state index contributed by atoms with van der Waals surface area (Å²) in [6.45, 7) is 5.86. The number of nitrogens with one attached hydrogen (secondary N) is 2. The summed E-state index contributed by atoms with van der Waals surface area (Å²) in [6.07, 6.45) is 1.37. The summed E-state index contributed by atoms with van der Waals surface area (Å²) in [7, 11) is -1.32. The lowest BCUT2D eigenvalue weighted by Gasteiger charge is -2.07. The van der Waals surface area contributed by atoms with E-state index in [-0.39, 0.29) is 5.75 Å². The van der Waals surface area contributed by atoms with Gasteiger partial charge in [0.1, 0.15) is 0 Å². The van der Waals surface area contributed by atoms with Crippen molar-refractivity contribution in [2.45, 2.75) is 33.2 Å². The maximum atomic E-state index is 11.6. The number of nitrogens with zero attached hydrogens (tertiary/aromatic N) is 2. The molecule has 0 amide bonds. The van der Waals surface area contributed by atoms with Crippen LogP contribution < -0.4 is 10.0 Å². The summed E-state index contributed by atoms with van der Waals surface area (Å²) in [5.41, 5.74) is 2.10. The molecule has 0 aliphatic carbocycles. The van der Waals surface area contributed by atoms with Crippen molar-refractivity contribution < 1.29 is 8.42 Å². The van der Waals surface area contributed by atoms with Gasteiger partial charge in [0.15, 0.2) is 0 Å². The zero-order valence-electron chi connectivity index (χ0n) is 11.9. The Morgan fingerprint density at radius 3 is 2.58 bits per heavy atom. The smallest absolute Gasteiger partial charge is 0.211 e. The van der Waals surface area contributed by atoms with Crippen molar-refractivity contribution in [2.75, 3.05) is 25.9 Å². The third-order valence-electron chi connectivity index (χ3n) is 2.81. The average molecular weight is 288 g/mol. The van der Waals surface area contributed by atoms with Crippen LogP contribution in [0.25, 0.3) is 0 Å². The molecule has 6 nitrogen and oxygen atoms in total. The van der Waals surface area contributed by atoms with Gasteiger partial charge in [-0.05, 0) is 46.3 Å². The Bertz CT molecular complexity index is 482. The molecule has 19 heavy (non-hydrogen) atoms. The molecule has 1 aromatic heterocycles. The monoisotopic (exact) mass is 288 g/mol. The normalized spacial score (nSPS) is 11.9. The molecule has 0 aliphatic heterocycles. The highest BCUT2D eigenvalue weighted by Gasteiger charge is 2.08. The van der Waals surface area contributed by atoms with Gasteiger partial charge < -0.3 is 5.32 Å². The summed E-state index contributed by atoms with van der Waals surface area (Å²) in [5, 5.41) is 7.27. The van der Waals surface area contributed by atoms with Crippen LogP contribution in [0.4, 0.5) is 0 Å². The Labute approximate surface area is 115 Å². The second-order valence-corrected chi connectivity index (χ2v) is 6.60. The zero-order valence-corrected chi connectivity index (χ0v) is 12.8. The Hall–Kier alpha value is -0.920. The predicted octanol–water partition coefficient (Wildman–Crippen LogP) is 0.419. The van der Waals surface area contributed by atoms with Gasteiger partial charge in [0.25, 0.3) is 0 Å². The summed E-state index contributed by atoms with van der Waals surface area (Å²) < 4.78 is 27.8. The fourth-order valence-electron chi connectivity index (χ4n) is 1.87. The minimum Gasteiger partial charge on any atom is -0.320 e. The number of hydrogen-bond donors (Lipinski definition) is 2. The molecule has 0 radical (unpaired) electrons. The van der Waals surface area contributed by atoms with E-state index < -0.39 is 10.0 Å². The van der Waals surface area contributed by atoms with E-state index in [9.17, 15) is 8.42 Å². The van der Waals surface area contributed by atoms with Crippen molar-refractivity contribution >= 4 is 10.0 Å². The summed E-state index contributed by atoms with van der Waals surface area (Å²) in [5.74, 6) is 0.174. The molecule has 1 rings (SSSR count). The Kier molecular flexibility index (Phi) is 6.47. The molecule has 0 fully saturated rings.